The maximum atomic E-state index is 12.4. The van der Waals surface area contributed by atoms with Gasteiger partial charge in [-0.15, -0.1) is 0 Å². The number of hydrogen-bond donors (Lipinski definition) is 1. The summed E-state index contributed by atoms with van der Waals surface area (Å²) in [7, 11) is 1.39. The van der Waals surface area contributed by atoms with Crippen LogP contribution >= 0.6 is 0 Å². The lowest BCUT2D eigenvalue weighted by Gasteiger charge is -2.09. The van der Waals surface area contributed by atoms with Crippen LogP contribution in [-0.2, 0) is 9.59 Å². The summed E-state index contributed by atoms with van der Waals surface area (Å²) in [4.78, 5) is 33.8. The smallest absolute Gasteiger partial charge is 0.308 e. The molecule has 2 rings (SSSR count). The average molecular weight is 395 g/mol. The third kappa shape index (κ3) is 5.40. The van der Waals surface area contributed by atoms with E-state index in [2.05, 4.69) is 5.32 Å². The van der Waals surface area contributed by atoms with Gasteiger partial charge in [0, 0.05) is 24.7 Å². The van der Waals surface area contributed by atoms with Crippen LogP contribution in [0.2, 0.25) is 0 Å². The van der Waals surface area contributed by atoms with Gasteiger partial charge in [0.15, 0.2) is 11.5 Å². The Bertz CT molecular complexity index is 1050. The minimum atomic E-state index is -0.674. The number of hydrogen-bond acceptors (Lipinski definition) is 7. The number of rotatable bonds is 6. The summed E-state index contributed by atoms with van der Waals surface area (Å²) in [5.74, 6) is -0.714. The zero-order valence-corrected chi connectivity index (χ0v) is 15.9. The molecule has 2 aromatic carbocycles. The number of nitrogens with zero attached hydrogens (tertiary/aromatic N) is 2. The number of aryl methyl sites for hydroxylation is 1. The number of ether oxygens (including phenoxy) is 2. The number of nitrogens with one attached hydrogen (secondary N) is 1. The van der Waals surface area contributed by atoms with Gasteiger partial charge >= 0.3 is 5.97 Å². The second kappa shape index (κ2) is 9.14. The number of nitriles is 1. The molecule has 0 saturated heterocycles. The van der Waals surface area contributed by atoms with Gasteiger partial charge < -0.3 is 14.8 Å². The van der Waals surface area contributed by atoms with E-state index in [4.69, 9.17) is 9.47 Å². The Morgan fingerprint density at radius 3 is 2.48 bits per heavy atom. The monoisotopic (exact) mass is 395 g/mol. The molecule has 0 unspecified atom stereocenters. The van der Waals surface area contributed by atoms with Crippen LogP contribution in [0.15, 0.2) is 42.0 Å². The van der Waals surface area contributed by atoms with E-state index < -0.39 is 16.8 Å². The highest BCUT2D eigenvalue weighted by molar-refractivity contribution is 6.10. The van der Waals surface area contributed by atoms with E-state index in [1.807, 2.05) is 6.07 Å². The first-order valence-corrected chi connectivity index (χ1v) is 8.29. The highest BCUT2D eigenvalue weighted by Crippen LogP contribution is 2.29. The predicted octanol–water partition coefficient (Wildman–Crippen LogP) is 3.38. The maximum Gasteiger partial charge on any atom is 0.308 e. The lowest BCUT2D eigenvalue weighted by atomic mass is 10.1. The van der Waals surface area contributed by atoms with Crippen molar-refractivity contribution >= 4 is 29.3 Å². The molecule has 9 heteroatoms. The number of carbonyl (C=O) groups is 2. The highest BCUT2D eigenvalue weighted by atomic mass is 16.6. The Morgan fingerprint density at radius 2 is 1.93 bits per heavy atom. The van der Waals surface area contributed by atoms with Crippen LogP contribution in [0.3, 0.4) is 0 Å². The average Bonchev–Trinajstić information content (AvgIpc) is 2.67. The van der Waals surface area contributed by atoms with Gasteiger partial charge in [-0.05, 0) is 42.3 Å². The van der Waals surface area contributed by atoms with E-state index in [-0.39, 0.29) is 22.8 Å². The number of esters is 1. The Hall–Kier alpha value is -4.19. The molecule has 0 spiro atoms. The van der Waals surface area contributed by atoms with Gasteiger partial charge in [0.25, 0.3) is 11.6 Å². The molecule has 29 heavy (non-hydrogen) atoms. The molecule has 0 aliphatic rings. The minimum Gasteiger partial charge on any atom is -0.493 e. The van der Waals surface area contributed by atoms with Crippen molar-refractivity contribution in [3.8, 4) is 17.6 Å². The summed E-state index contributed by atoms with van der Waals surface area (Å²) in [5.41, 5.74) is 1.02. The van der Waals surface area contributed by atoms with Crippen molar-refractivity contribution in [3.05, 3.63) is 63.2 Å². The van der Waals surface area contributed by atoms with Crippen molar-refractivity contribution in [2.45, 2.75) is 13.8 Å². The fourth-order valence-corrected chi connectivity index (χ4v) is 2.42. The number of carbonyl (C=O) groups excluding carboxylic acids is 2. The Morgan fingerprint density at radius 1 is 1.21 bits per heavy atom. The van der Waals surface area contributed by atoms with E-state index in [0.717, 1.165) is 0 Å². The molecule has 0 aliphatic carbocycles. The Labute approximate surface area is 166 Å². The molecule has 0 aliphatic heterocycles. The minimum absolute atomic E-state index is 0.100. The summed E-state index contributed by atoms with van der Waals surface area (Å²) >= 11 is 0. The molecule has 148 valence electrons. The highest BCUT2D eigenvalue weighted by Gasteiger charge is 2.14. The summed E-state index contributed by atoms with van der Waals surface area (Å²) < 4.78 is 10.2. The van der Waals surface area contributed by atoms with Crippen molar-refractivity contribution in [1.82, 2.24) is 0 Å². The van der Waals surface area contributed by atoms with Gasteiger partial charge in [0.05, 0.1) is 12.0 Å². The predicted molar refractivity (Wildman–Crippen MR) is 104 cm³/mol. The quantitative estimate of drug-likeness (QED) is 0.198. The number of nitro groups is 1. The van der Waals surface area contributed by atoms with Crippen molar-refractivity contribution in [2.24, 2.45) is 0 Å². The number of nitro benzene ring substituents is 1. The van der Waals surface area contributed by atoms with Crippen molar-refractivity contribution in [2.75, 3.05) is 12.4 Å². The standard InChI is InChI=1S/C20H17N3O6/c1-12-8-16(23(26)27)5-6-17(12)22-20(25)15(11-21)9-14-4-7-18(29-13(2)24)19(10-14)28-3/h4-10H,1-3H3,(H,22,25)/b15-9+. The second-order valence-electron chi connectivity index (χ2n) is 5.88. The third-order valence-electron chi connectivity index (χ3n) is 3.79. The molecular formula is C20H17N3O6. The van der Waals surface area contributed by atoms with Gasteiger partial charge in [-0.2, -0.15) is 5.26 Å². The molecule has 0 saturated carbocycles. The Balaban J connectivity index is 2.27. The lowest BCUT2D eigenvalue weighted by molar-refractivity contribution is -0.384. The molecule has 0 aromatic heterocycles. The molecule has 1 amide bonds. The summed E-state index contributed by atoms with van der Waals surface area (Å²) in [5, 5.41) is 22.7. The number of methoxy groups -OCH3 is 1. The Kier molecular flexibility index (Phi) is 6.66. The topological polar surface area (TPSA) is 132 Å². The SMILES string of the molecule is COc1cc(/C=C(\C#N)C(=O)Nc2ccc([N+](=O)[O-])cc2C)ccc1OC(C)=O. The maximum absolute atomic E-state index is 12.4. The van der Waals surface area contributed by atoms with Crippen LogP contribution in [0.4, 0.5) is 11.4 Å². The van der Waals surface area contributed by atoms with Crippen LogP contribution in [0, 0.1) is 28.4 Å². The molecule has 1 N–H and O–H groups in total. The van der Waals surface area contributed by atoms with Crippen LogP contribution in [0.1, 0.15) is 18.1 Å². The molecular weight excluding hydrogens is 378 g/mol. The van der Waals surface area contributed by atoms with Gasteiger partial charge in [0.2, 0.25) is 0 Å². The second-order valence-corrected chi connectivity index (χ2v) is 5.88. The molecule has 0 fully saturated rings. The number of benzene rings is 2. The summed E-state index contributed by atoms with van der Waals surface area (Å²) in [6, 6.07) is 10.4. The molecule has 9 nitrogen and oxygen atoms in total. The number of amides is 1. The van der Waals surface area contributed by atoms with Gasteiger partial charge in [-0.3, -0.25) is 19.7 Å². The van der Waals surface area contributed by atoms with E-state index in [9.17, 15) is 25.0 Å². The number of non-ortho nitro benzene ring substituents is 1. The lowest BCUT2D eigenvalue weighted by Crippen LogP contribution is -2.14. The van der Waals surface area contributed by atoms with Gasteiger partial charge in [-0.1, -0.05) is 6.07 Å². The van der Waals surface area contributed by atoms with Gasteiger partial charge in [0.1, 0.15) is 11.6 Å². The molecule has 0 radical (unpaired) electrons. The van der Waals surface area contributed by atoms with Crippen LogP contribution < -0.4 is 14.8 Å². The summed E-state index contributed by atoms with van der Waals surface area (Å²) in [6.45, 7) is 2.86. The molecule has 0 heterocycles. The normalized spacial score (nSPS) is 10.6. The molecule has 0 atom stereocenters. The van der Waals surface area contributed by atoms with Crippen molar-refractivity contribution in [3.63, 3.8) is 0 Å². The van der Waals surface area contributed by atoms with Crippen molar-refractivity contribution < 1.29 is 24.0 Å². The van der Waals surface area contributed by atoms with Crippen LogP contribution in [-0.4, -0.2) is 23.9 Å². The zero-order valence-electron chi connectivity index (χ0n) is 15.9. The zero-order chi connectivity index (χ0) is 21.6. The van der Waals surface area contributed by atoms with E-state index in [1.54, 1.807) is 13.0 Å². The molecule has 0 bridgehead atoms. The first-order valence-electron chi connectivity index (χ1n) is 8.29. The van der Waals surface area contributed by atoms with Crippen LogP contribution in [0.5, 0.6) is 11.5 Å². The van der Waals surface area contributed by atoms with E-state index >= 15 is 0 Å². The third-order valence-corrected chi connectivity index (χ3v) is 3.79. The van der Waals surface area contributed by atoms with Crippen molar-refractivity contribution in [1.29, 1.82) is 5.26 Å². The number of anilines is 1. The first-order chi connectivity index (χ1) is 13.7. The fraction of sp³-hybridized carbons (Fsp3) is 0.150. The van der Waals surface area contributed by atoms with E-state index in [1.165, 1.54) is 50.4 Å². The largest absolute Gasteiger partial charge is 0.493 e. The molecule has 2 aromatic rings. The fourth-order valence-electron chi connectivity index (χ4n) is 2.42. The summed E-state index contributed by atoms with van der Waals surface area (Å²) in [6.07, 6.45) is 1.34. The van der Waals surface area contributed by atoms with Crippen LogP contribution in [0.25, 0.3) is 6.08 Å². The van der Waals surface area contributed by atoms with E-state index in [0.29, 0.717) is 16.8 Å². The first kappa shape index (κ1) is 21.1. The van der Waals surface area contributed by atoms with Gasteiger partial charge in [-0.25, -0.2) is 0 Å².